The Labute approximate surface area is 117 Å². The molecule has 2 aromatic carbocycles. The third kappa shape index (κ3) is 3.15. The summed E-state index contributed by atoms with van der Waals surface area (Å²) in [5.74, 6) is -1.23. The van der Waals surface area contributed by atoms with Crippen molar-refractivity contribution in [1.29, 1.82) is 0 Å². The summed E-state index contributed by atoms with van der Waals surface area (Å²) in [4.78, 5) is 13.1. The molecule has 0 aliphatic heterocycles. The van der Waals surface area contributed by atoms with Crippen LogP contribution in [0.2, 0.25) is 0 Å². The lowest BCUT2D eigenvalue weighted by molar-refractivity contribution is 0.0697. The van der Waals surface area contributed by atoms with Crippen LogP contribution < -0.4 is 4.90 Å². The van der Waals surface area contributed by atoms with E-state index in [0.29, 0.717) is 12.2 Å². The molecule has 2 aromatic rings. The van der Waals surface area contributed by atoms with Crippen molar-refractivity contribution in [2.24, 2.45) is 0 Å². The number of aromatic carboxylic acids is 1. The molecule has 0 fully saturated rings. The minimum atomic E-state index is -0.953. The van der Waals surface area contributed by atoms with Crippen LogP contribution in [0.15, 0.2) is 42.5 Å². The Balaban J connectivity index is 2.28. The maximum absolute atomic E-state index is 12.9. The quantitative estimate of drug-likeness (QED) is 0.927. The van der Waals surface area contributed by atoms with E-state index in [1.165, 1.54) is 12.1 Å². The smallest absolute Gasteiger partial charge is 0.337 e. The number of carboxylic acids is 1. The highest BCUT2D eigenvalue weighted by molar-refractivity contribution is 5.94. The first-order valence-electron chi connectivity index (χ1n) is 6.27. The Bertz CT molecular complexity index is 623. The van der Waals surface area contributed by atoms with Gasteiger partial charge < -0.3 is 10.0 Å². The Morgan fingerprint density at radius 3 is 2.45 bits per heavy atom. The second kappa shape index (κ2) is 5.74. The predicted octanol–water partition coefficient (Wildman–Crippen LogP) is 3.47. The maximum atomic E-state index is 12.9. The number of anilines is 1. The third-order valence-corrected chi connectivity index (χ3v) is 3.13. The standard InChI is InChI=1S/C16H16FNO2/c1-11-3-8-14(16(19)20)15(9-11)18(2)10-12-4-6-13(17)7-5-12/h3-9H,10H2,1-2H3,(H,19,20). The molecule has 0 atom stereocenters. The topological polar surface area (TPSA) is 40.5 Å². The zero-order valence-corrected chi connectivity index (χ0v) is 11.4. The fraction of sp³-hybridized carbons (Fsp3) is 0.188. The van der Waals surface area contributed by atoms with E-state index in [2.05, 4.69) is 0 Å². The highest BCUT2D eigenvalue weighted by Crippen LogP contribution is 2.23. The van der Waals surface area contributed by atoms with E-state index < -0.39 is 5.97 Å². The van der Waals surface area contributed by atoms with Gasteiger partial charge in [0, 0.05) is 13.6 Å². The van der Waals surface area contributed by atoms with Crippen molar-refractivity contribution in [2.75, 3.05) is 11.9 Å². The van der Waals surface area contributed by atoms with Gasteiger partial charge in [0.15, 0.2) is 0 Å². The van der Waals surface area contributed by atoms with Crippen LogP contribution in [0.4, 0.5) is 10.1 Å². The number of aryl methyl sites for hydroxylation is 1. The van der Waals surface area contributed by atoms with E-state index in [1.54, 1.807) is 24.3 Å². The summed E-state index contributed by atoms with van der Waals surface area (Å²) < 4.78 is 12.9. The Morgan fingerprint density at radius 1 is 1.20 bits per heavy atom. The van der Waals surface area contributed by atoms with Crippen LogP contribution in [-0.2, 0) is 6.54 Å². The zero-order chi connectivity index (χ0) is 14.7. The van der Waals surface area contributed by atoms with Crippen molar-refractivity contribution >= 4 is 11.7 Å². The molecule has 0 unspecified atom stereocenters. The average Bonchev–Trinajstić information content (AvgIpc) is 2.41. The number of carbonyl (C=O) groups is 1. The van der Waals surface area contributed by atoms with Crippen LogP contribution >= 0.6 is 0 Å². The first-order valence-corrected chi connectivity index (χ1v) is 6.27. The summed E-state index contributed by atoms with van der Waals surface area (Å²) in [6.45, 7) is 2.44. The van der Waals surface area contributed by atoms with Gasteiger partial charge in [0.25, 0.3) is 0 Å². The molecule has 3 nitrogen and oxygen atoms in total. The van der Waals surface area contributed by atoms with Crippen molar-refractivity contribution in [3.05, 3.63) is 65.0 Å². The van der Waals surface area contributed by atoms with Gasteiger partial charge in [-0.1, -0.05) is 18.2 Å². The summed E-state index contributed by atoms with van der Waals surface area (Å²) in [6.07, 6.45) is 0. The number of nitrogens with zero attached hydrogens (tertiary/aromatic N) is 1. The molecule has 1 N–H and O–H groups in total. The lowest BCUT2D eigenvalue weighted by Crippen LogP contribution is -2.19. The molecule has 0 aromatic heterocycles. The molecule has 0 aliphatic carbocycles. The van der Waals surface area contributed by atoms with Gasteiger partial charge in [0.2, 0.25) is 0 Å². The molecular weight excluding hydrogens is 257 g/mol. The molecule has 0 saturated heterocycles. The molecule has 20 heavy (non-hydrogen) atoms. The molecule has 2 rings (SSSR count). The molecule has 4 heteroatoms. The molecule has 0 radical (unpaired) electrons. The largest absolute Gasteiger partial charge is 0.478 e. The molecule has 0 aliphatic rings. The fourth-order valence-electron chi connectivity index (χ4n) is 2.09. The minimum absolute atomic E-state index is 0.264. The molecule has 0 spiro atoms. The minimum Gasteiger partial charge on any atom is -0.478 e. The molecule has 0 bridgehead atoms. The van der Waals surface area contributed by atoms with Crippen LogP contribution in [0.1, 0.15) is 21.5 Å². The van der Waals surface area contributed by atoms with Gasteiger partial charge in [-0.25, -0.2) is 9.18 Å². The summed E-state index contributed by atoms with van der Waals surface area (Å²) in [7, 11) is 1.82. The van der Waals surface area contributed by atoms with Crippen molar-refractivity contribution in [3.63, 3.8) is 0 Å². The van der Waals surface area contributed by atoms with Gasteiger partial charge in [0.1, 0.15) is 5.82 Å². The van der Waals surface area contributed by atoms with Crippen molar-refractivity contribution in [3.8, 4) is 0 Å². The fourth-order valence-corrected chi connectivity index (χ4v) is 2.09. The molecule has 104 valence electrons. The van der Waals surface area contributed by atoms with Crippen molar-refractivity contribution < 1.29 is 14.3 Å². The number of carboxylic acid groups (broad SMARTS) is 1. The van der Waals surface area contributed by atoms with Gasteiger partial charge >= 0.3 is 5.97 Å². The zero-order valence-electron chi connectivity index (χ0n) is 11.4. The summed E-state index contributed by atoms with van der Waals surface area (Å²) in [5, 5.41) is 9.23. The summed E-state index contributed by atoms with van der Waals surface area (Å²) >= 11 is 0. The summed E-state index contributed by atoms with van der Waals surface area (Å²) in [5.41, 5.74) is 2.84. The molecule has 0 saturated carbocycles. The number of rotatable bonds is 4. The lowest BCUT2D eigenvalue weighted by Gasteiger charge is -2.22. The van der Waals surface area contributed by atoms with E-state index >= 15 is 0 Å². The SMILES string of the molecule is Cc1ccc(C(=O)O)c(N(C)Cc2ccc(F)cc2)c1. The molecular formula is C16H16FNO2. The van der Waals surface area contributed by atoms with Crippen molar-refractivity contribution in [1.82, 2.24) is 0 Å². The maximum Gasteiger partial charge on any atom is 0.337 e. The Hall–Kier alpha value is -2.36. The van der Waals surface area contributed by atoms with E-state index in [0.717, 1.165) is 11.1 Å². The Morgan fingerprint density at radius 2 is 1.85 bits per heavy atom. The lowest BCUT2D eigenvalue weighted by atomic mass is 10.1. The van der Waals surface area contributed by atoms with Crippen LogP contribution in [0.25, 0.3) is 0 Å². The van der Waals surface area contributed by atoms with E-state index in [9.17, 15) is 14.3 Å². The van der Waals surface area contributed by atoms with E-state index in [-0.39, 0.29) is 11.4 Å². The highest BCUT2D eigenvalue weighted by Gasteiger charge is 2.13. The average molecular weight is 273 g/mol. The van der Waals surface area contributed by atoms with Gasteiger partial charge in [-0.3, -0.25) is 0 Å². The third-order valence-electron chi connectivity index (χ3n) is 3.13. The van der Waals surface area contributed by atoms with Crippen LogP contribution in [-0.4, -0.2) is 18.1 Å². The molecule has 0 amide bonds. The van der Waals surface area contributed by atoms with Crippen LogP contribution in [0.3, 0.4) is 0 Å². The monoisotopic (exact) mass is 273 g/mol. The van der Waals surface area contributed by atoms with Gasteiger partial charge in [0.05, 0.1) is 11.3 Å². The van der Waals surface area contributed by atoms with Crippen LogP contribution in [0, 0.1) is 12.7 Å². The Kier molecular flexibility index (Phi) is 4.03. The number of hydrogen-bond acceptors (Lipinski definition) is 2. The second-order valence-electron chi connectivity index (χ2n) is 4.81. The second-order valence-corrected chi connectivity index (χ2v) is 4.81. The number of benzene rings is 2. The van der Waals surface area contributed by atoms with Crippen molar-refractivity contribution in [2.45, 2.75) is 13.5 Å². The van der Waals surface area contributed by atoms with Gasteiger partial charge in [-0.15, -0.1) is 0 Å². The number of hydrogen-bond donors (Lipinski definition) is 1. The summed E-state index contributed by atoms with van der Waals surface area (Å²) in [6, 6.07) is 11.4. The van der Waals surface area contributed by atoms with E-state index in [1.807, 2.05) is 24.9 Å². The van der Waals surface area contributed by atoms with Gasteiger partial charge in [-0.2, -0.15) is 0 Å². The molecule has 0 heterocycles. The predicted molar refractivity (Wildman–Crippen MR) is 76.6 cm³/mol. The number of halogens is 1. The normalized spacial score (nSPS) is 10.3. The van der Waals surface area contributed by atoms with Crippen LogP contribution in [0.5, 0.6) is 0 Å². The first kappa shape index (κ1) is 14.1. The van der Waals surface area contributed by atoms with Gasteiger partial charge in [-0.05, 0) is 42.3 Å². The highest BCUT2D eigenvalue weighted by atomic mass is 19.1. The first-order chi connectivity index (χ1) is 9.47. The van der Waals surface area contributed by atoms with E-state index in [4.69, 9.17) is 0 Å².